The number of para-hydroxylation sites is 1. The molecule has 0 bridgehead atoms. The van der Waals surface area contributed by atoms with Crippen LogP contribution in [-0.2, 0) is 10.0 Å². The smallest absolute Gasteiger partial charge is 0.236 e. The van der Waals surface area contributed by atoms with Gasteiger partial charge >= 0.3 is 0 Å². The number of benzene rings is 1. The van der Waals surface area contributed by atoms with Crippen molar-refractivity contribution >= 4 is 31.6 Å². The lowest BCUT2D eigenvalue weighted by molar-refractivity contribution is 0.499. The molecule has 0 amide bonds. The third-order valence-electron chi connectivity index (χ3n) is 2.82. The maximum atomic E-state index is 12.1. The van der Waals surface area contributed by atoms with Crippen LogP contribution in [0.2, 0.25) is 0 Å². The Labute approximate surface area is 110 Å². The number of piperidine rings is 1. The highest BCUT2D eigenvalue weighted by Crippen LogP contribution is 2.24. The highest BCUT2D eigenvalue weighted by Gasteiger charge is 2.27. The largest absolute Gasteiger partial charge is 0.315 e. The normalized spacial score (nSPS) is 21.1. The van der Waals surface area contributed by atoms with Gasteiger partial charge in [-0.05, 0) is 47.4 Å². The zero-order valence-corrected chi connectivity index (χ0v) is 11.7. The van der Waals surface area contributed by atoms with Crippen LogP contribution >= 0.6 is 15.9 Å². The van der Waals surface area contributed by atoms with Crippen LogP contribution in [0.5, 0.6) is 0 Å². The van der Waals surface area contributed by atoms with E-state index in [1.807, 2.05) is 18.2 Å². The molecule has 1 saturated heterocycles. The Morgan fingerprint density at radius 2 is 2.12 bits per heavy atom. The van der Waals surface area contributed by atoms with Gasteiger partial charge in [-0.25, -0.2) is 8.42 Å². The number of nitrogens with one attached hydrogen (secondary N) is 2. The van der Waals surface area contributed by atoms with Gasteiger partial charge in [0.1, 0.15) is 0 Å². The van der Waals surface area contributed by atoms with Gasteiger partial charge in [-0.3, -0.25) is 4.72 Å². The molecule has 0 spiro atoms. The molecule has 17 heavy (non-hydrogen) atoms. The van der Waals surface area contributed by atoms with Crippen LogP contribution in [0.15, 0.2) is 28.7 Å². The lowest BCUT2D eigenvalue weighted by atomic mass is 10.2. The molecule has 0 aromatic heterocycles. The molecule has 1 heterocycles. The molecule has 1 aromatic carbocycles. The van der Waals surface area contributed by atoms with Crippen LogP contribution in [0.4, 0.5) is 5.69 Å². The van der Waals surface area contributed by atoms with E-state index in [4.69, 9.17) is 0 Å². The third kappa shape index (κ3) is 3.20. The fourth-order valence-corrected chi connectivity index (χ4v) is 3.85. The van der Waals surface area contributed by atoms with Crippen molar-refractivity contribution in [1.29, 1.82) is 0 Å². The van der Waals surface area contributed by atoms with E-state index >= 15 is 0 Å². The summed E-state index contributed by atoms with van der Waals surface area (Å²) in [5.74, 6) is 0. The minimum absolute atomic E-state index is 0.344. The summed E-state index contributed by atoms with van der Waals surface area (Å²) in [5.41, 5.74) is 0.595. The summed E-state index contributed by atoms with van der Waals surface area (Å²) in [6.07, 6.45) is 1.62. The van der Waals surface area contributed by atoms with E-state index in [2.05, 4.69) is 26.0 Å². The fourth-order valence-electron chi connectivity index (χ4n) is 1.87. The van der Waals surface area contributed by atoms with Crippen molar-refractivity contribution in [3.8, 4) is 0 Å². The second kappa shape index (κ2) is 5.37. The van der Waals surface area contributed by atoms with Crippen LogP contribution in [0.3, 0.4) is 0 Å². The van der Waals surface area contributed by atoms with Crippen LogP contribution in [0, 0.1) is 0 Å². The van der Waals surface area contributed by atoms with E-state index in [1.165, 1.54) is 0 Å². The maximum Gasteiger partial charge on any atom is 0.236 e. The summed E-state index contributed by atoms with van der Waals surface area (Å²) < 4.78 is 27.7. The topological polar surface area (TPSA) is 58.2 Å². The van der Waals surface area contributed by atoms with Gasteiger partial charge in [0.2, 0.25) is 10.0 Å². The van der Waals surface area contributed by atoms with E-state index in [0.717, 1.165) is 17.4 Å². The average molecular weight is 319 g/mol. The first-order valence-corrected chi connectivity index (χ1v) is 7.90. The molecule has 1 aromatic rings. The molecule has 2 rings (SSSR count). The molecule has 0 saturated carbocycles. The Balaban J connectivity index is 2.14. The highest BCUT2D eigenvalue weighted by atomic mass is 79.9. The van der Waals surface area contributed by atoms with Gasteiger partial charge in [-0.1, -0.05) is 12.1 Å². The van der Waals surface area contributed by atoms with Crippen LogP contribution < -0.4 is 10.0 Å². The zero-order chi connectivity index (χ0) is 12.3. The second-order valence-corrected chi connectivity index (χ2v) is 6.91. The molecule has 1 unspecified atom stereocenters. The van der Waals surface area contributed by atoms with E-state index in [-0.39, 0.29) is 5.25 Å². The predicted molar refractivity (Wildman–Crippen MR) is 72.6 cm³/mol. The van der Waals surface area contributed by atoms with Gasteiger partial charge in [0.05, 0.1) is 10.9 Å². The van der Waals surface area contributed by atoms with Crippen molar-refractivity contribution in [2.75, 3.05) is 17.8 Å². The van der Waals surface area contributed by atoms with Crippen molar-refractivity contribution < 1.29 is 8.42 Å². The van der Waals surface area contributed by atoms with E-state index in [9.17, 15) is 8.42 Å². The van der Waals surface area contributed by atoms with Gasteiger partial charge in [0.15, 0.2) is 0 Å². The first-order valence-electron chi connectivity index (χ1n) is 5.56. The summed E-state index contributed by atoms with van der Waals surface area (Å²) >= 11 is 3.33. The number of rotatable bonds is 3. The molecular formula is C11H15BrN2O2S. The number of halogens is 1. The standard InChI is InChI=1S/C11H15BrN2O2S/c12-10-5-1-2-6-11(10)14-17(15,16)9-4-3-7-13-8-9/h1-2,5-6,9,13-14H,3-4,7-8H2. The Hall–Kier alpha value is -0.590. The Kier molecular flexibility index (Phi) is 4.06. The van der Waals surface area contributed by atoms with Gasteiger partial charge in [-0.2, -0.15) is 0 Å². The first kappa shape index (κ1) is 12.9. The van der Waals surface area contributed by atoms with E-state index in [0.29, 0.717) is 18.7 Å². The second-order valence-electron chi connectivity index (χ2n) is 4.10. The van der Waals surface area contributed by atoms with Crippen LogP contribution in [0.25, 0.3) is 0 Å². The Morgan fingerprint density at radius 3 is 2.76 bits per heavy atom. The highest BCUT2D eigenvalue weighted by molar-refractivity contribution is 9.10. The Morgan fingerprint density at radius 1 is 1.35 bits per heavy atom. The first-order chi connectivity index (χ1) is 8.09. The van der Waals surface area contributed by atoms with E-state index in [1.54, 1.807) is 6.07 Å². The van der Waals surface area contributed by atoms with Crippen LogP contribution in [-0.4, -0.2) is 26.8 Å². The SMILES string of the molecule is O=S(=O)(Nc1ccccc1Br)C1CCCNC1. The number of hydrogen-bond donors (Lipinski definition) is 2. The molecule has 1 atom stereocenters. The fraction of sp³-hybridized carbons (Fsp3) is 0.455. The van der Waals surface area contributed by atoms with Crippen molar-refractivity contribution in [3.63, 3.8) is 0 Å². The summed E-state index contributed by atoms with van der Waals surface area (Å²) in [5, 5.41) is 2.77. The van der Waals surface area contributed by atoms with Crippen molar-refractivity contribution in [2.24, 2.45) is 0 Å². The Bertz CT molecular complexity index is 484. The van der Waals surface area contributed by atoms with Gasteiger partial charge in [-0.15, -0.1) is 0 Å². The predicted octanol–water partition coefficient (Wildman–Crippen LogP) is 1.94. The average Bonchev–Trinajstić information content (AvgIpc) is 2.33. The zero-order valence-electron chi connectivity index (χ0n) is 9.32. The molecule has 6 heteroatoms. The van der Waals surface area contributed by atoms with E-state index < -0.39 is 10.0 Å². The maximum absolute atomic E-state index is 12.1. The minimum atomic E-state index is -3.30. The molecule has 2 N–H and O–H groups in total. The van der Waals surface area contributed by atoms with Gasteiger partial charge in [0.25, 0.3) is 0 Å². The quantitative estimate of drug-likeness (QED) is 0.895. The number of hydrogen-bond acceptors (Lipinski definition) is 3. The van der Waals surface area contributed by atoms with Crippen molar-refractivity contribution in [2.45, 2.75) is 18.1 Å². The lowest BCUT2D eigenvalue weighted by Gasteiger charge is -2.23. The van der Waals surface area contributed by atoms with Crippen LogP contribution in [0.1, 0.15) is 12.8 Å². The molecule has 0 radical (unpaired) electrons. The van der Waals surface area contributed by atoms with Gasteiger partial charge in [0, 0.05) is 11.0 Å². The molecule has 4 nitrogen and oxygen atoms in total. The molecule has 1 aliphatic heterocycles. The molecule has 94 valence electrons. The summed E-state index contributed by atoms with van der Waals surface area (Å²) in [4.78, 5) is 0. The number of sulfonamides is 1. The van der Waals surface area contributed by atoms with Crippen molar-refractivity contribution in [1.82, 2.24) is 5.32 Å². The van der Waals surface area contributed by atoms with Gasteiger partial charge < -0.3 is 5.32 Å². The summed E-state index contributed by atoms with van der Waals surface area (Å²) in [6.45, 7) is 1.43. The molecule has 1 aliphatic rings. The molecular weight excluding hydrogens is 304 g/mol. The summed E-state index contributed by atoms with van der Waals surface area (Å²) in [7, 11) is -3.30. The molecule has 0 aliphatic carbocycles. The third-order valence-corrected chi connectivity index (χ3v) is 5.29. The lowest BCUT2D eigenvalue weighted by Crippen LogP contribution is -2.41. The minimum Gasteiger partial charge on any atom is -0.315 e. The van der Waals surface area contributed by atoms with Crippen molar-refractivity contribution in [3.05, 3.63) is 28.7 Å². The molecule has 1 fully saturated rings. The monoisotopic (exact) mass is 318 g/mol. The number of anilines is 1. The summed E-state index contributed by atoms with van der Waals surface area (Å²) in [6, 6.07) is 7.22.